The standard InChI is InChI=1S/C28H21F3N4O2/c1-15(16-3-5-18(29)6-4-16)27(36)34-23-13-17(9-11-32-23)26-24(20-14-19(30)7-8-21(20)31)25-22(33-26)10-12-35(2)28(25)37/h3-15,33H,1-2H3,(H,32,34,36). The van der Waals surface area contributed by atoms with Gasteiger partial charge in [0, 0.05) is 36.1 Å². The molecule has 1 amide bonds. The first-order valence-electron chi connectivity index (χ1n) is 11.4. The van der Waals surface area contributed by atoms with Gasteiger partial charge in [0.15, 0.2) is 0 Å². The molecular formula is C28H21F3N4O2. The Kier molecular flexibility index (Phi) is 6.12. The number of amides is 1. The number of hydrogen-bond donors (Lipinski definition) is 2. The van der Waals surface area contributed by atoms with E-state index in [1.807, 2.05) is 0 Å². The third-order valence-electron chi connectivity index (χ3n) is 6.29. The monoisotopic (exact) mass is 502 g/mol. The molecule has 0 aliphatic heterocycles. The minimum atomic E-state index is -0.690. The molecule has 0 radical (unpaired) electrons. The van der Waals surface area contributed by atoms with E-state index in [0.29, 0.717) is 22.3 Å². The molecule has 5 rings (SSSR count). The number of rotatable bonds is 5. The van der Waals surface area contributed by atoms with E-state index in [0.717, 1.165) is 18.2 Å². The van der Waals surface area contributed by atoms with Crippen molar-refractivity contribution in [2.24, 2.45) is 7.05 Å². The fourth-order valence-electron chi connectivity index (χ4n) is 4.26. The quantitative estimate of drug-likeness (QED) is 0.321. The highest BCUT2D eigenvalue weighted by molar-refractivity contribution is 6.04. The maximum atomic E-state index is 14.9. The first-order chi connectivity index (χ1) is 17.7. The molecule has 37 heavy (non-hydrogen) atoms. The number of aryl methyl sites for hydroxylation is 1. The van der Waals surface area contributed by atoms with Gasteiger partial charge in [-0.1, -0.05) is 12.1 Å². The van der Waals surface area contributed by atoms with E-state index in [9.17, 15) is 22.8 Å². The number of fused-ring (bicyclic) bond motifs is 1. The first-order valence-corrected chi connectivity index (χ1v) is 11.4. The summed E-state index contributed by atoms with van der Waals surface area (Å²) in [5.41, 5.74) is 1.70. The molecule has 1 atom stereocenters. The molecule has 0 spiro atoms. The fraction of sp³-hybridized carbons (Fsp3) is 0.107. The zero-order valence-corrected chi connectivity index (χ0v) is 19.9. The van der Waals surface area contributed by atoms with Gasteiger partial charge in [-0.15, -0.1) is 0 Å². The topological polar surface area (TPSA) is 79.8 Å². The smallest absolute Gasteiger partial charge is 0.260 e. The summed E-state index contributed by atoms with van der Waals surface area (Å²) in [6.07, 6.45) is 3.04. The number of carbonyl (C=O) groups excluding carboxylic acids is 1. The van der Waals surface area contributed by atoms with Crippen molar-refractivity contribution >= 4 is 22.6 Å². The van der Waals surface area contributed by atoms with Gasteiger partial charge >= 0.3 is 0 Å². The van der Waals surface area contributed by atoms with Crippen LogP contribution in [0.5, 0.6) is 0 Å². The highest BCUT2D eigenvalue weighted by Gasteiger charge is 2.22. The average molecular weight is 502 g/mol. The van der Waals surface area contributed by atoms with Gasteiger partial charge in [0.05, 0.1) is 22.5 Å². The van der Waals surface area contributed by atoms with E-state index < -0.39 is 23.4 Å². The number of aromatic nitrogens is 3. The van der Waals surface area contributed by atoms with Crippen LogP contribution in [0.2, 0.25) is 0 Å². The lowest BCUT2D eigenvalue weighted by Gasteiger charge is -2.13. The third-order valence-corrected chi connectivity index (χ3v) is 6.29. The number of hydrogen-bond acceptors (Lipinski definition) is 3. The number of anilines is 1. The summed E-state index contributed by atoms with van der Waals surface area (Å²) in [6, 6.07) is 13.6. The van der Waals surface area contributed by atoms with Crippen LogP contribution in [-0.4, -0.2) is 20.4 Å². The highest BCUT2D eigenvalue weighted by atomic mass is 19.1. The lowest BCUT2D eigenvalue weighted by molar-refractivity contribution is -0.117. The van der Waals surface area contributed by atoms with Crippen LogP contribution in [0.4, 0.5) is 19.0 Å². The molecular weight excluding hydrogens is 481 g/mol. The first kappa shape index (κ1) is 24.1. The van der Waals surface area contributed by atoms with Crippen LogP contribution in [0.1, 0.15) is 18.4 Å². The lowest BCUT2D eigenvalue weighted by atomic mass is 9.98. The van der Waals surface area contributed by atoms with E-state index in [4.69, 9.17) is 0 Å². The van der Waals surface area contributed by atoms with Gasteiger partial charge in [0.2, 0.25) is 5.91 Å². The van der Waals surface area contributed by atoms with E-state index in [-0.39, 0.29) is 33.8 Å². The number of benzene rings is 2. The van der Waals surface area contributed by atoms with E-state index >= 15 is 0 Å². The van der Waals surface area contributed by atoms with Gasteiger partial charge in [-0.25, -0.2) is 18.2 Å². The average Bonchev–Trinajstić information content (AvgIpc) is 3.28. The minimum Gasteiger partial charge on any atom is -0.354 e. The van der Waals surface area contributed by atoms with Gasteiger partial charge in [0.25, 0.3) is 5.56 Å². The van der Waals surface area contributed by atoms with Crippen molar-refractivity contribution in [3.8, 4) is 22.4 Å². The molecule has 9 heteroatoms. The number of carbonyl (C=O) groups is 1. The molecule has 2 N–H and O–H groups in total. The Morgan fingerprint density at radius 3 is 2.49 bits per heavy atom. The van der Waals surface area contributed by atoms with E-state index in [1.54, 1.807) is 38.4 Å². The zero-order valence-electron chi connectivity index (χ0n) is 19.9. The zero-order chi connectivity index (χ0) is 26.3. The second-order valence-electron chi connectivity index (χ2n) is 8.71. The molecule has 0 saturated carbocycles. The summed E-state index contributed by atoms with van der Waals surface area (Å²) in [6.45, 7) is 1.69. The number of H-pyrrole nitrogens is 1. The van der Waals surface area contributed by atoms with Crippen LogP contribution in [0, 0.1) is 17.5 Å². The molecule has 2 aromatic carbocycles. The minimum absolute atomic E-state index is 0.0723. The summed E-state index contributed by atoms with van der Waals surface area (Å²) >= 11 is 0. The Bertz CT molecular complexity index is 1710. The Morgan fingerprint density at radius 2 is 1.73 bits per heavy atom. The number of aromatic amines is 1. The van der Waals surface area contributed by atoms with Gasteiger partial charge in [-0.05, 0) is 61.0 Å². The van der Waals surface area contributed by atoms with E-state index in [1.165, 1.54) is 35.0 Å². The van der Waals surface area contributed by atoms with Crippen molar-refractivity contribution in [3.63, 3.8) is 0 Å². The lowest BCUT2D eigenvalue weighted by Crippen LogP contribution is -2.19. The molecule has 0 fully saturated rings. The Balaban J connectivity index is 1.60. The summed E-state index contributed by atoms with van der Waals surface area (Å²) in [7, 11) is 1.57. The molecule has 186 valence electrons. The second-order valence-corrected chi connectivity index (χ2v) is 8.71. The summed E-state index contributed by atoms with van der Waals surface area (Å²) in [5.74, 6) is -2.47. The number of nitrogens with one attached hydrogen (secondary N) is 2. The van der Waals surface area contributed by atoms with Crippen LogP contribution in [-0.2, 0) is 11.8 Å². The largest absolute Gasteiger partial charge is 0.354 e. The van der Waals surface area contributed by atoms with Crippen LogP contribution in [0.25, 0.3) is 33.3 Å². The second kappa shape index (κ2) is 9.42. The van der Waals surface area contributed by atoms with Gasteiger partial charge < -0.3 is 14.9 Å². The van der Waals surface area contributed by atoms with Crippen LogP contribution in [0.15, 0.2) is 77.9 Å². The fourth-order valence-corrected chi connectivity index (χ4v) is 4.26. The molecule has 0 bridgehead atoms. The van der Waals surface area contributed by atoms with Crippen molar-refractivity contribution in [2.45, 2.75) is 12.8 Å². The number of pyridine rings is 2. The van der Waals surface area contributed by atoms with Crippen LogP contribution in [0.3, 0.4) is 0 Å². The van der Waals surface area contributed by atoms with Gasteiger partial charge in [-0.3, -0.25) is 9.59 Å². The Hall–Kier alpha value is -4.66. The molecule has 0 saturated heterocycles. The summed E-state index contributed by atoms with van der Waals surface area (Å²) < 4.78 is 43.7. The highest BCUT2D eigenvalue weighted by Crippen LogP contribution is 2.38. The molecule has 5 aromatic rings. The third kappa shape index (κ3) is 4.51. The number of halogens is 3. The predicted octanol–water partition coefficient (Wildman–Crippen LogP) is 5.76. The molecule has 1 unspecified atom stereocenters. The summed E-state index contributed by atoms with van der Waals surface area (Å²) in [5, 5.41) is 2.95. The molecule has 0 aliphatic rings. The molecule has 3 aromatic heterocycles. The molecule has 6 nitrogen and oxygen atoms in total. The van der Waals surface area contributed by atoms with Gasteiger partial charge in [0.1, 0.15) is 23.3 Å². The SMILES string of the molecule is CC(C(=O)Nc1cc(-c2[nH]c3ccn(C)c(=O)c3c2-c2cc(F)ccc2F)ccn1)c1ccc(F)cc1. The van der Waals surface area contributed by atoms with Crippen LogP contribution < -0.4 is 10.9 Å². The maximum Gasteiger partial charge on any atom is 0.260 e. The summed E-state index contributed by atoms with van der Waals surface area (Å²) in [4.78, 5) is 33.3. The van der Waals surface area contributed by atoms with E-state index in [2.05, 4.69) is 15.3 Å². The molecule has 3 heterocycles. The van der Waals surface area contributed by atoms with Crippen LogP contribution >= 0.6 is 0 Å². The van der Waals surface area contributed by atoms with Crippen molar-refractivity contribution in [3.05, 3.63) is 106 Å². The van der Waals surface area contributed by atoms with Crippen molar-refractivity contribution in [1.29, 1.82) is 0 Å². The van der Waals surface area contributed by atoms with Crippen molar-refractivity contribution in [1.82, 2.24) is 14.5 Å². The normalized spacial score (nSPS) is 12.0. The number of nitrogens with zero attached hydrogens (tertiary/aromatic N) is 2. The Morgan fingerprint density at radius 1 is 1.00 bits per heavy atom. The van der Waals surface area contributed by atoms with Crippen molar-refractivity contribution in [2.75, 3.05) is 5.32 Å². The van der Waals surface area contributed by atoms with Crippen molar-refractivity contribution < 1.29 is 18.0 Å². The van der Waals surface area contributed by atoms with Gasteiger partial charge in [-0.2, -0.15) is 0 Å². The molecule has 0 aliphatic carbocycles. The maximum absolute atomic E-state index is 14.9. The Labute approximate surface area is 209 Å². The predicted molar refractivity (Wildman–Crippen MR) is 136 cm³/mol.